The van der Waals surface area contributed by atoms with Gasteiger partial charge in [-0.15, -0.1) is 0 Å². The van der Waals surface area contributed by atoms with E-state index in [9.17, 15) is 15.3 Å². The molecule has 3 aliphatic rings. The molecule has 2 fully saturated rings. The Morgan fingerprint density at radius 1 is 1.11 bits per heavy atom. The number of anilines is 2. The predicted molar refractivity (Wildman–Crippen MR) is 176 cm³/mol. The number of rotatable bonds is 10. The lowest BCUT2D eigenvalue weighted by atomic mass is 9.96. The second kappa shape index (κ2) is 14.5. The van der Waals surface area contributed by atoms with Gasteiger partial charge in [-0.2, -0.15) is 15.6 Å². The summed E-state index contributed by atoms with van der Waals surface area (Å²) in [6.45, 7) is 10.1. The molecular formula is C35H41N9O2. The van der Waals surface area contributed by atoms with Crippen LogP contribution in [0.1, 0.15) is 48.9 Å². The van der Waals surface area contributed by atoms with Crippen molar-refractivity contribution in [2.24, 2.45) is 0 Å². The number of hydrogen-bond donors (Lipinski definition) is 1. The minimum absolute atomic E-state index is 0.179. The number of nitrogens with zero attached hydrogens (tertiary/aromatic N) is 8. The fourth-order valence-corrected chi connectivity index (χ4v) is 7.07. The fraction of sp³-hybridized carbons (Fsp3) is 0.457. The van der Waals surface area contributed by atoms with Gasteiger partial charge >= 0.3 is 0 Å². The Bertz CT molecular complexity index is 1620. The molecule has 0 aliphatic carbocycles. The molecule has 3 aliphatic heterocycles. The molecule has 2 saturated heterocycles. The smallest absolute Gasteiger partial charge is 0.246 e. The van der Waals surface area contributed by atoms with Crippen LogP contribution < -0.4 is 14.5 Å². The largest absolute Gasteiger partial charge is 0.477 e. The molecule has 11 heteroatoms. The molecule has 1 atom stereocenters. The van der Waals surface area contributed by atoms with Crippen LogP contribution in [0, 0.1) is 22.7 Å². The van der Waals surface area contributed by atoms with E-state index in [2.05, 4.69) is 55.7 Å². The zero-order chi connectivity index (χ0) is 31.9. The van der Waals surface area contributed by atoms with E-state index >= 15 is 0 Å². The van der Waals surface area contributed by atoms with Crippen molar-refractivity contribution < 1.29 is 9.53 Å². The molecule has 3 aromatic rings. The third kappa shape index (κ3) is 6.56. The summed E-state index contributed by atoms with van der Waals surface area (Å²) in [5.41, 5.74) is 6.38. The van der Waals surface area contributed by atoms with Crippen LogP contribution in [0.25, 0.3) is 11.1 Å². The van der Waals surface area contributed by atoms with Gasteiger partial charge in [-0.05, 0) is 50.9 Å². The van der Waals surface area contributed by atoms with Crippen LogP contribution in [0.3, 0.4) is 0 Å². The lowest BCUT2D eigenvalue weighted by Crippen LogP contribution is -2.55. The maximum Gasteiger partial charge on any atom is 0.246 e. The number of benzene rings is 1. The highest BCUT2D eigenvalue weighted by Gasteiger charge is 2.35. The number of aromatic nitrogens is 3. The van der Waals surface area contributed by atoms with Crippen molar-refractivity contribution in [2.75, 3.05) is 62.2 Å². The molecule has 46 heavy (non-hydrogen) atoms. The molecule has 238 valence electrons. The Morgan fingerprint density at radius 2 is 1.96 bits per heavy atom. The van der Waals surface area contributed by atoms with E-state index in [1.165, 1.54) is 25.3 Å². The van der Waals surface area contributed by atoms with E-state index in [0.29, 0.717) is 50.7 Å². The van der Waals surface area contributed by atoms with Gasteiger partial charge < -0.3 is 24.3 Å². The van der Waals surface area contributed by atoms with Crippen LogP contribution in [0.15, 0.2) is 49.3 Å². The summed E-state index contributed by atoms with van der Waals surface area (Å²) in [5.74, 6) is 0.183. The summed E-state index contributed by atoms with van der Waals surface area (Å²) < 4.78 is 6.34. The number of para-hydroxylation sites is 1. The van der Waals surface area contributed by atoms with Gasteiger partial charge in [-0.25, -0.2) is 4.98 Å². The number of nitrogens with one attached hydrogen (secondary N) is 1. The van der Waals surface area contributed by atoms with Crippen molar-refractivity contribution in [1.29, 1.82) is 10.5 Å². The van der Waals surface area contributed by atoms with Gasteiger partial charge in [0.25, 0.3) is 0 Å². The quantitative estimate of drug-likeness (QED) is 0.261. The van der Waals surface area contributed by atoms with Gasteiger partial charge in [-0.1, -0.05) is 31.2 Å². The van der Waals surface area contributed by atoms with E-state index < -0.39 is 0 Å². The minimum Gasteiger partial charge on any atom is -0.477 e. The number of aromatic amines is 1. The van der Waals surface area contributed by atoms with E-state index in [1.807, 2.05) is 24.5 Å². The first-order valence-corrected chi connectivity index (χ1v) is 16.3. The Hall–Kier alpha value is -4.87. The van der Waals surface area contributed by atoms with Crippen LogP contribution in [0.4, 0.5) is 11.4 Å². The number of piperidine rings is 1. The lowest BCUT2D eigenvalue weighted by Gasteiger charge is -2.43. The van der Waals surface area contributed by atoms with E-state index in [0.717, 1.165) is 66.4 Å². The average Bonchev–Trinajstić information content (AvgIpc) is 3.65. The van der Waals surface area contributed by atoms with Gasteiger partial charge in [0.05, 0.1) is 49.3 Å². The van der Waals surface area contributed by atoms with Crippen molar-refractivity contribution in [3.05, 3.63) is 66.1 Å². The Balaban J connectivity index is 1.33. The summed E-state index contributed by atoms with van der Waals surface area (Å²) in [6.07, 6.45) is 10.6. The Morgan fingerprint density at radius 3 is 2.72 bits per heavy atom. The standard InChI is InChI=1S/C35H41N9O2/c1-2-33(45)44-19-18-43(24-27(44)11-13-36)34-29-12-17-42(32-10-5-4-9-28(32)26-22-38-39-23-26)25-31(29)40-35(30(34)21-37)46-20-8-16-41-14-6-3-7-15-41/h2,4-5,9-10,22-23,27H,1,3,6-8,11-12,14-20,24-25H2,(H,38,39)/t27-/m0/s1. The van der Waals surface area contributed by atoms with Crippen molar-refractivity contribution in [3.63, 3.8) is 0 Å². The van der Waals surface area contributed by atoms with Crippen LogP contribution in [-0.4, -0.2) is 89.4 Å². The highest BCUT2D eigenvalue weighted by atomic mass is 16.5. The molecule has 0 unspecified atom stereocenters. The number of likely N-dealkylation sites (tertiary alicyclic amines) is 1. The van der Waals surface area contributed by atoms with Crippen molar-refractivity contribution in [1.82, 2.24) is 25.0 Å². The summed E-state index contributed by atoms with van der Waals surface area (Å²) in [5, 5.41) is 27.2. The van der Waals surface area contributed by atoms with Crippen LogP contribution in [0.2, 0.25) is 0 Å². The molecule has 0 bridgehead atoms. The highest BCUT2D eigenvalue weighted by molar-refractivity contribution is 5.87. The van der Waals surface area contributed by atoms with Crippen LogP contribution in [0.5, 0.6) is 5.88 Å². The molecule has 2 aromatic heterocycles. The second-order valence-electron chi connectivity index (χ2n) is 12.2. The zero-order valence-corrected chi connectivity index (χ0v) is 26.3. The molecule has 11 nitrogen and oxygen atoms in total. The van der Waals surface area contributed by atoms with Crippen LogP contribution >= 0.6 is 0 Å². The number of carbonyl (C=O) groups excluding carboxylic acids is 1. The minimum atomic E-state index is -0.310. The molecule has 6 rings (SSSR count). The van der Waals surface area contributed by atoms with E-state index in [4.69, 9.17) is 9.72 Å². The first-order valence-electron chi connectivity index (χ1n) is 16.3. The third-order valence-corrected chi connectivity index (χ3v) is 9.35. The summed E-state index contributed by atoms with van der Waals surface area (Å²) in [4.78, 5) is 26.4. The van der Waals surface area contributed by atoms with E-state index in [-0.39, 0.29) is 18.4 Å². The number of nitriles is 2. The predicted octanol–water partition coefficient (Wildman–Crippen LogP) is 4.28. The maximum absolute atomic E-state index is 12.6. The number of piperazine rings is 1. The van der Waals surface area contributed by atoms with Gasteiger partial charge in [0, 0.05) is 61.3 Å². The number of hydrogen-bond acceptors (Lipinski definition) is 9. The number of amides is 1. The number of pyridine rings is 1. The van der Waals surface area contributed by atoms with Gasteiger partial charge in [0.15, 0.2) is 0 Å². The number of H-pyrrole nitrogens is 1. The molecule has 0 saturated carbocycles. The normalized spacial score (nSPS) is 18.4. The molecule has 5 heterocycles. The van der Waals surface area contributed by atoms with Crippen LogP contribution in [-0.2, 0) is 17.8 Å². The summed E-state index contributed by atoms with van der Waals surface area (Å²) >= 11 is 0. The topological polar surface area (TPSA) is 128 Å². The Labute approximate surface area is 270 Å². The molecule has 0 spiro atoms. The highest BCUT2D eigenvalue weighted by Crippen LogP contribution is 2.40. The van der Waals surface area contributed by atoms with Gasteiger partial charge in [0.1, 0.15) is 11.6 Å². The van der Waals surface area contributed by atoms with E-state index in [1.54, 1.807) is 4.90 Å². The molecule has 0 radical (unpaired) electrons. The first kappa shape index (κ1) is 31.1. The molecule has 1 N–H and O–H groups in total. The van der Waals surface area contributed by atoms with Crippen molar-refractivity contribution >= 4 is 17.3 Å². The second-order valence-corrected chi connectivity index (χ2v) is 12.2. The lowest BCUT2D eigenvalue weighted by molar-refractivity contribution is -0.128. The summed E-state index contributed by atoms with van der Waals surface area (Å²) in [6, 6.07) is 12.7. The van der Waals surface area contributed by atoms with Crippen molar-refractivity contribution in [3.8, 4) is 29.1 Å². The number of carbonyl (C=O) groups is 1. The monoisotopic (exact) mass is 619 g/mol. The SMILES string of the molecule is C=CC(=O)N1CCN(c2c(C#N)c(OCCCN3CCCCC3)nc3c2CCN(c2ccccc2-c2cn[nH]c2)C3)C[C@@H]1CC#N. The average molecular weight is 620 g/mol. The summed E-state index contributed by atoms with van der Waals surface area (Å²) in [7, 11) is 0. The van der Waals surface area contributed by atoms with Crippen molar-refractivity contribution in [2.45, 2.75) is 51.1 Å². The number of ether oxygens (including phenoxy) is 1. The zero-order valence-electron chi connectivity index (χ0n) is 26.3. The molecule has 1 amide bonds. The van der Waals surface area contributed by atoms with Gasteiger partial charge in [0.2, 0.25) is 11.8 Å². The third-order valence-electron chi connectivity index (χ3n) is 9.35. The van der Waals surface area contributed by atoms with Gasteiger partial charge in [-0.3, -0.25) is 9.89 Å². The maximum atomic E-state index is 12.6. The Kier molecular flexibility index (Phi) is 9.80. The fourth-order valence-electron chi connectivity index (χ4n) is 7.07. The first-order chi connectivity index (χ1) is 22.6. The molecular weight excluding hydrogens is 578 g/mol. The molecule has 1 aromatic carbocycles. The number of fused-ring (bicyclic) bond motifs is 1.